The first kappa shape index (κ1) is 28.6. The zero-order valence-corrected chi connectivity index (χ0v) is 22.4. The molecule has 11 heteroatoms. The highest BCUT2D eigenvalue weighted by Gasteiger charge is 2.39. The number of morpholine rings is 1. The topological polar surface area (TPSA) is 62.0 Å². The molecule has 2 aliphatic heterocycles. The summed E-state index contributed by atoms with van der Waals surface area (Å²) < 4.78 is 59.0. The first-order valence-electron chi connectivity index (χ1n) is 12.6. The Labute approximate surface area is 225 Å². The largest absolute Gasteiger partial charge is 0.419 e. The Kier molecular flexibility index (Phi) is 8.56. The predicted octanol–water partition coefficient (Wildman–Crippen LogP) is 4.62. The molecule has 0 spiro atoms. The Bertz CT molecular complexity index is 1150. The van der Waals surface area contributed by atoms with E-state index in [0.717, 1.165) is 17.7 Å². The molecular weight excluding hydrogens is 524 g/mol. The van der Waals surface area contributed by atoms with Crippen LogP contribution in [0.3, 0.4) is 0 Å². The number of nitrogens with zero attached hydrogens (tertiary/aromatic N) is 3. The third-order valence-corrected chi connectivity index (χ3v) is 7.63. The van der Waals surface area contributed by atoms with Gasteiger partial charge in [0.25, 0.3) is 0 Å². The van der Waals surface area contributed by atoms with Crippen molar-refractivity contribution in [1.29, 1.82) is 0 Å². The standard InChI is InChI=1S/C27H33ClF4N4O2/c1-16-10-35(11-17(2)38-16)15-26(37)36-13-20(19-5-7-22(28)24(33)9-19)25(14-36)34(3)12-18-4-6-21(23(29)8-18)27(30,31)32/h4-9,16-17,20,25H,10-15,33H2,1-3H3/t16?,17?,20-,25+/m1/s1. The van der Waals surface area contributed by atoms with Gasteiger partial charge in [0.1, 0.15) is 5.82 Å². The quantitative estimate of drug-likeness (QED) is 0.416. The average Bonchev–Trinajstić information content (AvgIpc) is 3.25. The van der Waals surface area contributed by atoms with E-state index in [4.69, 9.17) is 22.1 Å². The fourth-order valence-corrected chi connectivity index (χ4v) is 5.67. The second-order valence-corrected chi connectivity index (χ2v) is 10.8. The summed E-state index contributed by atoms with van der Waals surface area (Å²) in [5.74, 6) is -1.43. The van der Waals surface area contributed by atoms with Crippen molar-refractivity contribution in [3.05, 3.63) is 63.9 Å². The van der Waals surface area contributed by atoms with Gasteiger partial charge in [-0.3, -0.25) is 14.6 Å². The maximum absolute atomic E-state index is 14.2. The molecule has 0 aliphatic carbocycles. The van der Waals surface area contributed by atoms with Crippen LogP contribution in [0, 0.1) is 5.82 Å². The third kappa shape index (κ3) is 6.59. The number of nitrogens with two attached hydrogens (primary N) is 1. The van der Waals surface area contributed by atoms with Crippen molar-refractivity contribution in [3.8, 4) is 0 Å². The van der Waals surface area contributed by atoms with Gasteiger partial charge >= 0.3 is 6.18 Å². The molecule has 2 heterocycles. The minimum absolute atomic E-state index is 0.00490. The number of likely N-dealkylation sites (tertiary alicyclic amines) is 1. The summed E-state index contributed by atoms with van der Waals surface area (Å²) in [4.78, 5) is 19.2. The lowest BCUT2D eigenvalue weighted by atomic mass is 9.92. The van der Waals surface area contributed by atoms with Crippen molar-refractivity contribution < 1.29 is 27.1 Å². The number of amides is 1. The Morgan fingerprint density at radius 3 is 2.39 bits per heavy atom. The van der Waals surface area contributed by atoms with Crippen molar-refractivity contribution in [2.45, 2.75) is 50.7 Å². The highest BCUT2D eigenvalue weighted by Crippen LogP contribution is 2.35. The van der Waals surface area contributed by atoms with E-state index in [9.17, 15) is 22.4 Å². The number of hydrogen-bond donors (Lipinski definition) is 1. The minimum atomic E-state index is -4.75. The summed E-state index contributed by atoms with van der Waals surface area (Å²) in [6.07, 6.45) is -4.67. The van der Waals surface area contributed by atoms with Gasteiger partial charge in [0, 0.05) is 44.7 Å². The molecule has 2 N–H and O–H groups in total. The van der Waals surface area contributed by atoms with E-state index in [-0.39, 0.29) is 43.2 Å². The van der Waals surface area contributed by atoms with Crippen LogP contribution in [0.25, 0.3) is 0 Å². The molecule has 0 aromatic heterocycles. The van der Waals surface area contributed by atoms with Gasteiger partial charge in [0.15, 0.2) is 0 Å². The van der Waals surface area contributed by atoms with Gasteiger partial charge < -0.3 is 15.4 Å². The van der Waals surface area contributed by atoms with Crippen LogP contribution in [0.4, 0.5) is 23.2 Å². The normalized spacial score (nSPS) is 24.8. The number of ether oxygens (including phenoxy) is 1. The second kappa shape index (κ2) is 11.4. The predicted molar refractivity (Wildman–Crippen MR) is 138 cm³/mol. The van der Waals surface area contributed by atoms with Gasteiger partial charge in [0.05, 0.1) is 35.0 Å². The van der Waals surface area contributed by atoms with E-state index in [1.165, 1.54) is 6.07 Å². The van der Waals surface area contributed by atoms with Crippen LogP contribution < -0.4 is 5.73 Å². The summed E-state index contributed by atoms with van der Waals surface area (Å²) >= 11 is 6.13. The maximum atomic E-state index is 14.2. The molecule has 4 rings (SSSR count). The number of carbonyl (C=O) groups is 1. The molecule has 4 atom stereocenters. The Morgan fingerprint density at radius 2 is 1.79 bits per heavy atom. The van der Waals surface area contributed by atoms with Crippen molar-refractivity contribution in [2.24, 2.45) is 0 Å². The molecule has 2 unspecified atom stereocenters. The van der Waals surface area contributed by atoms with Crippen molar-refractivity contribution in [1.82, 2.24) is 14.7 Å². The molecular formula is C27H33ClF4N4O2. The third-order valence-electron chi connectivity index (χ3n) is 7.28. The smallest absolute Gasteiger partial charge is 0.398 e. The molecule has 2 fully saturated rings. The Hall–Kier alpha value is -2.40. The van der Waals surface area contributed by atoms with Crippen LogP contribution in [0.5, 0.6) is 0 Å². The number of anilines is 1. The summed E-state index contributed by atoms with van der Waals surface area (Å²) in [5.41, 5.74) is 6.52. The van der Waals surface area contributed by atoms with Crippen LogP contribution in [0.15, 0.2) is 36.4 Å². The highest BCUT2D eigenvalue weighted by atomic mass is 35.5. The molecule has 2 aromatic rings. The summed E-state index contributed by atoms with van der Waals surface area (Å²) in [6.45, 7) is 6.66. The van der Waals surface area contributed by atoms with E-state index in [2.05, 4.69) is 4.90 Å². The number of rotatable bonds is 6. The first-order chi connectivity index (χ1) is 17.8. The lowest BCUT2D eigenvalue weighted by molar-refractivity contribution is -0.140. The van der Waals surface area contributed by atoms with E-state index >= 15 is 0 Å². The van der Waals surface area contributed by atoms with Gasteiger partial charge in [-0.15, -0.1) is 0 Å². The first-order valence-corrected chi connectivity index (χ1v) is 13.0. The number of carbonyl (C=O) groups excluding carboxylic acids is 1. The van der Waals surface area contributed by atoms with Crippen LogP contribution in [-0.2, 0) is 22.3 Å². The molecule has 1 amide bonds. The molecule has 6 nitrogen and oxygen atoms in total. The van der Waals surface area contributed by atoms with Crippen LogP contribution in [-0.4, -0.2) is 78.6 Å². The molecule has 2 aliphatic rings. The van der Waals surface area contributed by atoms with Gasteiger partial charge in [-0.1, -0.05) is 23.7 Å². The lowest BCUT2D eigenvalue weighted by Crippen LogP contribution is -2.49. The molecule has 38 heavy (non-hydrogen) atoms. The molecule has 0 radical (unpaired) electrons. The van der Waals surface area contributed by atoms with E-state index < -0.39 is 17.6 Å². The van der Waals surface area contributed by atoms with E-state index in [1.807, 2.05) is 36.8 Å². The maximum Gasteiger partial charge on any atom is 0.419 e. The second-order valence-electron chi connectivity index (χ2n) is 10.4. The Balaban J connectivity index is 1.53. The number of likely N-dealkylation sites (N-methyl/N-ethyl adjacent to an activating group) is 1. The van der Waals surface area contributed by atoms with E-state index in [0.29, 0.717) is 42.5 Å². The monoisotopic (exact) mass is 556 g/mol. The van der Waals surface area contributed by atoms with Crippen LogP contribution in [0.2, 0.25) is 5.02 Å². The molecule has 2 saturated heterocycles. The fourth-order valence-electron chi connectivity index (χ4n) is 5.55. The van der Waals surface area contributed by atoms with Crippen molar-refractivity contribution >= 4 is 23.2 Å². The Morgan fingerprint density at radius 1 is 1.11 bits per heavy atom. The number of hydrogen-bond acceptors (Lipinski definition) is 5. The lowest BCUT2D eigenvalue weighted by Gasteiger charge is -2.35. The SMILES string of the molecule is CC1CN(CC(=O)N2C[C@H](c3ccc(Cl)c(N)c3)[C@@H](N(C)Cc3ccc(C(F)(F)F)c(F)c3)C2)CC(C)O1. The molecule has 0 bridgehead atoms. The average molecular weight is 557 g/mol. The summed E-state index contributed by atoms with van der Waals surface area (Å²) in [6, 6.07) is 8.20. The van der Waals surface area contributed by atoms with Gasteiger partial charge in [-0.25, -0.2) is 4.39 Å². The number of benzene rings is 2. The van der Waals surface area contributed by atoms with E-state index in [1.54, 1.807) is 12.1 Å². The highest BCUT2D eigenvalue weighted by molar-refractivity contribution is 6.33. The molecule has 208 valence electrons. The number of nitrogen functional groups attached to an aromatic ring is 1. The number of halogens is 5. The number of alkyl halides is 3. The molecule has 0 saturated carbocycles. The van der Waals surface area contributed by atoms with Gasteiger partial charge in [-0.2, -0.15) is 13.2 Å². The zero-order chi connectivity index (χ0) is 27.8. The van der Waals surface area contributed by atoms with Crippen LogP contribution >= 0.6 is 11.6 Å². The summed E-state index contributed by atoms with van der Waals surface area (Å²) in [5, 5.41) is 0.431. The minimum Gasteiger partial charge on any atom is -0.398 e. The van der Waals surface area contributed by atoms with Gasteiger partial charge in [-0.05, 0) is 56.3 Å². The summed E-state index contributed by atoms with van der Waals surface area (Å²) in [7, 11) is 1.83. The van der Waals surface area contributed by atoms with Crippen molar-refractivity contribution in [2.75, 3.05) is 45.5 Å². The van der Waals surface area contributed by atoms with Gasteiger partial charge in [0.2, 0.25) is 5.91 Å². The molecule has 2 aromatic carbocycles. The van der Waals surface area contributed by atoms with Crippen LogP contribution in [0.1, 0.15) is 36.5 Å². The van der Waals surface area contributed by atoms with Crippen molar-refractivity contribution in [3.63, 3.8) is 0 Å². The fraction of sp³-hybridized carbons (Fsp3) is 0.519. The zero-order valence-electron chi connectivity index (χ0n) is 21.6.